The molecule has 8 heteroatoms. The number of rotatable bonds is 5. The Labute approximate surface area is 206 Å². The van der Waals surface area contributed by atoms with Gasteiger partial charge in [0.05, 0.1) is 17.7 Å². The molecule has 0 atom stereocenters. The van der Waals surface area contributed by atoms with Gasteiger partial charge in [-0.15, -0.1) is 0 Å². The highest BCUT2D eigenvalue weighted by Gasteiger charge is 2.31. The van der Waals surface area contributed by atoms with Crippen molar-refractivity contribution in [1.29, 1.82) is 0 Å². The minimum absolute atomic E-state index is 0.0605. The number of benzene rings is 3. The molecule has 1 fully saturated rings. The number of anilines is 2. The molecule has 0 bridgehead atoms. The van der Waals surface area contributed by atoms with E-state index in [0.717, 1.165) is 35.5 Å². The van der Waals surface area contributed by atoms with Gasteiger partial charge in [-0.25, -0.2) is 8.42 Å². The van der Waals surface area contributed by atoms with Crippen molar-refractivity contribution in [2.24, 2.45) is 0 Å². The number of methoxy groups -OCH3 is 1. The van der Waals surface area contributed by atoms with Crippen LogP contribution >= 0.6 is 0 Å². The molecule has 0 radical (unpaired) electrons. The minimum atomic E-state index is -3.63. The molecule has 0 unspecified atom stereocenters. The number of ether oxygens (including phenoxy) is 1. The molecule has 182 valence electrons. The Morgan fingerprint density at radius 2 is 1.54 bits per heavy atom. The molecule has 2 aliphatic rings. The summed E-state index contributed by atoms with van der Waals surface area (Å²) in [5.74, 6) is 0.725. The minimum Gasteiger partial charge on any atom is -0.495 e. The van der Waals surface area contributed by atoms with Crippen molar-refractivity contribution in [2.75, 3.05) is 49.6 Å². The van der Waals surface area contributed by atoms with Crippen molar-refractivity contribution in [3.63, 3.8) is 0 Å². The fraction of sp³-hybridized carbons (Fsp3) is 0.296. The third-order valence-corrected chi connectivity index (χ3v) is 8.63. The van der Waals surface area contributed by atoms with Crippen LogP contribution in [0.25, 0.3) is 0 Å². The third kappa shape index (κ3) is 4.51. The molecule has 7 nitrogen and oxygen atoms in total. The summed E-state index contributed by atoms with van der Waals surface area (Å²) >= 11 is 0. The van der Waals surface area contributed by atoms with E-state index < -0.39 is 10.0 Å². The van der Waals surface area contributed by atoms with E-state index >= 15 is 0 Å². The first kappa shape index (κ1) is 23.4. The van der Waals surface area contributed by atoms with Crippen molar-refractivity contribution in [3.8, 4) is 5.75 Å². The van der Waals surface area contributed by atoms with Gasteiger partial charge < -0.3 is 14.5 Å². The van der Waals surface area contributed by atoms with Gasteiger partial charge in [0.25, 0.3) is 5.91 Å². The molecular formula is C27H29N3O4S. The fourth-order valence-electron chi connectivity index (χ4n) is 4.89. The molecule has 2 aliphatic heterocycles. The van der Waals surface area contributed by atoms with Crippen LogP contribution in [0, 0.1) is 0 Å². The number of sulfonamides is 1. The standard InChI is InChI=1S/C27H29N3O4S/c1-34-26-12-6-5-11-25(26)28-16-18-29(19-17-28)35(32,33)23-13-14-24-22(20-23)10-7-15-30(24)27(31)21-8-3-2-4-9-21/h2-6,8-9,11-14,20H,7,10,15-19H2,1H3. The van der Waals surface area contributed by atoms with E-state index in [1.807, 2.05) is 42.5 Å². The second-order valence-corrected chi connectivity index (χ2v) is 10.7. The number of para-hydroxylation sites is 2. The number of amides is 1. The Hall–Kier alpha value is -3.36. The van der Waals surface area contributed by atoms with Crippen LogP contribution in [-0.4, -0.2) is 58.5 Å². The summed E-state index contributed by atoms with van der Waals surface area (Å²) in [6, 6.07) is 22.2. The highest BCUT2D eigenvalue weighted by Crippen LogP contribution is 2.33. The maximum absolute atomic E-state index is 13.5. The Bertz CT molecular complexity index is 1320. The number of carbonyl (C=O) groups is 1. The number of piperazine rings is 1. The van der Waals surface area contributed by atoms with Crippen molar-refractivity contribution in [1.82, 2.24) is 4.31 Å². The molecule has 0 aromatic heterocycles. The predicted molar refractivity (Wildman–Crippen MR) is 137 cm³/mol. The summed E-state index contributed by atoms with van der Waals surface area (Å²) in [6.07, 6.45) is 1.55. The van der Waals surface area contributed by atoms with Gasteiger partial charge in [-0.1, -0.05) is 30.3 Å². The first-order chi connectivity index (χ1) is 17.0. The average molecular weight is 492 g/mol. The van der Waals surface area contributed by atoms with Gasteiger partial charge in [-0.05, 0) is 60.9 Å². The topological polar surface area (TPSA) is 70.2 Å². The second-order valence-electron chi connectivity index (χ2n) is 8.78. The molecule has 3 aromatic rings. The Morgan fingerprint density at radius 3 is 2.29 bits per heavy atom. The van der Waals surface area contributed by atoms with Crippen LogP contribution in [0.4, 0.5) is 11.4 Å². The van der Waals surface area contributed by atoms with Gasteiger partial charge in [-0.2, -0.15) is 4.31 Å². The van der Waals surface area contributed by atoms with Crippen molar-refractivity contribution in [3.05, 3.63) is 83.9 Å². The first-order valence-corrected chi connectivity index (χ1v) is 13.3. The number of carbonyl (C=O) groups excluding carboxylic acids is 1. The molecule has 0 aliphatic carbocycles. The molecule has 35 heavy (non-hydrogen) atoms. The molecule has 0 spiro atoms. The van der Waals surface area contributed by atoms with E-state index in [1.165, 1.54) is 0 Å². The third-order valence-electron chi connectivity index (χ3n) is 6.74. The Balaban J connectivity index is 1.34. The van der Waals surface area contributed by atoms with Gasteiger partial charge in [0.1, 0.15) is 5.75 Å². The summed E-state index contributed by atoms with van der Waals surface area (Å²) in [6.45, 7) is 2.59. The zero-order valence-corrected chi connectivity index (χ0v) is 20.6. The van der Waals surface area contributed by atoms with Gasteiger partial charge in [0, 0.05) is 44.0 Å². The Morgan fingerprint density at radius 1 is 0.829 bits per heavy atom. The van der Waals surface area contributed by atoms with E-state index in [-0.39, 0.29) is 10.8 Å². The van der Waals surface area contributed by atoms with Gasteiger partial charge >= 0.3 is 0 Å². The van der Waals surface area contributed by atoms with Gasteiger partial charge in [0.15, 0.2) is 0 Å². The molecule has 1 saturated heterocycles. The van der Waals surface area contributed by atoms with Crippen LogP contribution in [0.2, 0.25) is 0 Å². The molecular weight excluding hydrogens is 462 g/mol. The molecule has 0 saturated carbocycles. The summed E-state index contributed by atoms with van der Waals surface area (Å²) in [5.41, 5.74) is 3.30. The summed E-state index contributed by atoms with van der Waals surface area (Å²) < 4.78 is 34.0. The number of hydrogen-bond donors (Lipinski definition) is 0. The molecule has 5 rings (SSSR count). The van der Waals surface area contributed by atoms with Gasteiger partial charge in [-0.3, -0.25) is 4.79 Å². The molecule has 1 amide bonds. The number of hydrogen-bond acceptors (Lipinski definition) is 5. The largest absolute Gasteiger partial charge is 0.495 e. The lowest BCUT2D eigenvalue weighted by Crippen LogP contribution is -2.48. The normalized spacial score (nSPS) is 16.6. The highest BCUT2D eigenvalue weighted by molar-refractivity contribution is 7.89. The first-order valence-electron chi connectivity index (χ1n) is 11.9. The van der Waals surface area contributed by atoms with Crippen LogP contribution in [0.5, 0.6) is 5.75 Å². The average Bonchev–Trinajstić information content (AvgIpc) is 2.92. The highest BCUT2D eigenvalue weighted by atomic mass is 32.2. The SMILES string of the molecule is COc1ccccc1N1CCN(S(=O)(=O)c2ccc3c(c2)CCCN3C(=O)c2ccccc2)CC1. The lowest BCUT2D eigenvalue weighted by molar-refractivity contribution is 0.0985. The van der Waals surface area contributed by atoms with Crippen LogP contribution in [-0.2, 0) is 16.4 Å². The smallest absolute Gasteiger partial charge is 0.258 e. The van der Waals surface area contributed by atoms with E-state index in [2.05, 4.69) is 4.90 Å². The lowest BCUT2D eigenvalue weighted by Gasteiger charge is -2.36. The van der Waals surface area contributed by atoms with Crippen molar-refractivity contribution >= 4 is 27.3 Å². The summed E-state index contributed by atoms with van der Waals surface area (Å²) in [7, 11) is -1.99. The monoisotopic (exact) mass is 491 g/mol. The quantitative estimate of drug-likeness (QED) is 0.543. The summed E-state index contributed by atoms with van der Waals surface area (Å²) in [5, 5.41) is 0. The van der Waals surface area contributed by atoms with Crippen LogP contribution < -0.4 is 14.5 Å². The van der Waals surface area contributed by atoms with E-state index in [0.29, 0.717) is 38.3 Å². The molecule has 3 aromatic carbocycles. The number of aryl methyl sites for hydroxylation is 1. The maximum Gasteiger partial charge on any atom is 0.258 e. The summed E-state index contributed by atoms with van der Waals surface area (Å²) in [4.78, 5) is 17.3. The lowest BCUT2D eigenvalue weighted by atomic mass is 10.0. The predicted octanol–water partition coefficient (Wildman–Crippen LogP) is 3.80. The zero-order valence-electron chi connectivity index (χ0n) is 19.8. The van der Waals surface area contributed by atoms with Crippen molar-refractivity contribution < 1.29 is 17.9 Å². The second kappa shape index (κ2) is 9.71. The fourth-order valence-corrected chi connectivity index (χ4v) is 6.36. The van der Waals surface area contributed by atoms with E-state index in [9.17, 15) is 13.2 Å². The molecule has 2 heterocycles. The van der Waals surface area contributed by atoms with Gasteiger partial charge in [0.2, 0.25) is 10.0 Å². The maximum atomic E-state index is 13.5. The van der Waals surface area contributed by atoms with E-state index in [4.69, 9.17) is 4.74 Å². The van der Waals surface area contributed by atoms with Crippen LogP contribution in [0.15, 0.2) is 77.7 Å². The molecule has 0 N–H and O–H groups in total. The van der Waals surface area contributed by atoms with Crippen LogP contribution in [0.1, 0.15) is 22.3 Å². The number of nitrogens with zero attached hydrogens (tertiary/aromatic N) is 3. The Kier molecular flexibility index (Phi) is 6.49. The van der Waals surface area contributed by atoms with Crippen LogP contribution in [0.3, 0.4) is 0 Å². The number of fused-ring (bicyclic) bond motifs is 1. The van der Waals surface area contributed by atoms with E-state index in [1.54, 1.807) is 46.6 Å². The van der Waals surface area contributed by atoms with Crippen molar-refractivity contribution in [2.45, 2.75) is 17.7 Å². The zero-order chi connectivity index (χ0) is 24.4.